The number of rotatable bonds is 5. The molecule has 1 heterocycles. The molecule has 7 nitrogen and oxygen atoms in total. The minimum absolute atomic E-state index is 0.0689. The monoisotopic (exact) mass is 345 g/mol. The summed E-state index contributed by atoms with van der Waals surface area (Å²) in [6.07, 6.45) is 1.68. The first-order chi connectivity index (χ1) is 11.7. The van der Waals surface area contributed by atoms with Gasteiger partial charge < -0.3 is 5.84 Å². The molecule has 2 aromatic rings. The summed E-state index contributed by atoms with van der Waals surface area (Å²) in [5.41, 5.74) is -0.402. The molecule has 0 spiro atoms. The summed E-state index contributed by atoms with van der Waals surface area (Å²) in [5.74, 6) is 6.10. The molecule has 0 bridgehead atoms. The van der Waals surface area contributed by atoms with Crippen LogP contribution in [-0.2, 0) is 0 Å². The number of amides is 1. The van der Waals surface area contributed by atoms with Crippen molar-refractivity contribution < 1.29 is 4.79 Å². The van der Waals surface area contributed by atoms with Gasteiger partial charge in [-0.2, -0.15) is 4.68 Å². The third-order valence-electron chi connectivity index (χ3n) is 4.21. The Bertz CT molecular complexity index is 790. The van der Waals surface area contributed by atoms with Gasteiger partial charge in [0.25, 0.3) is 0 Å². The van der Waals surface area contributed by atoms with E-state index in [0.29, 0.717) is 5.82 Å². The van der Waals surface area contributed by atoms with Gasteiger partial charge in [-0.15, -0.1) is 9.78 Å². The molecular formula is C18H27N5O2. The van der Waals surface area contributed by atoms with Gasteiger partial charge in [-0.1, -0.05) is 45.4 Å². The Morgan fingerprint density at radius 2 is 1.88 bits per heavy atom. The fourth-order valence-corrected chi connectivity index (χ4v) is 3.03. The van der Waals surface area contributed by atoms with Crippen LogP contribution >= 0.6 is 0 Å². The number of anilines is 1. The second-order valence-corrected chi connectivity index (χ2v) is 7.09. The number of hydrogen-bond acceptors (Lipinski definition) is 4. The zero-order valence-corrected chi connectivity index (χ0v) is 15.6. The van der Waals surface area contributed by atoms with Crippen molar-refractivity contribution in [2.24, 2.45) is 0 Å². The van der Waals surface area contributed by atoms with Crippen LogP contribution in [0.1, 0.15) is 59.2 Å². The van der Waals surface area contributed by atoms with Gasteiger partial charge in [0.05, 0.1) is 0 Å². The fraction of sp³-hybridized carbons (Fsp3) is 0.500. The van der Waals surface area contributed by atoms with Crippen molar-refractivity contribution in [3.63, 3.8) is 0 Å². The number of benzene rings is 1. The maximum Gasteiger partial charge on any atom is 0.373 e. The van der Waals surface area contributed by atoms with E-state index >= 15 is 0 Å². The molecule has 0 fully saturated rings. The van der Waals surface area contributed by atoms with E-state index in [4.69, 9.17) is 5.84 Å². The molecular weight excluding hydrogens is 318 g/mol. The molecule has 0 aliphatic rings. The van der Waals surface area contributed by atoms with E-state index in [9.17, 15) is 9.59 Å². The average Bonchev–Trinajstić information content (AvgIpc) is 2.84. The van der Waals surface area contributed by atoms with E-state index in [1.165, 1.54) is 0 Å². The number of nitrogens with two attached hydrogens (primary N) is 1. The van der Waals surface area contributed by atoms with E-state index in [2.05, 4.69) is 12.0 Å². The van der Waals surface area contributed by atoms with Crippen LogP contribution < -0.4 is 16.4 Å². The molecule has 0 unspecified atom stereocenters. The maximum atomic E-state index is 13.2. The van der Waals surface area contributed by atoms with Crippen LogP contribution in [-0.4, -0.2) is 26.0 Å². The highest BCUT2D eigenvalue weighted by molar-refractivity contribution is 5.94. The van der Waals surface area contributed by atoms with Crippen molar-refractivity contribution in [3.8, 4) is 0 Å². The highest BCUT2D eigenvalue weighted by atomic mass is 16.2. The standard InChI is InChI=1S/C18H27N5O2/c1-6-12-18(4,5)21(14-10-8-7-9-11-14)16(24)23-17(25)22(19)15(20-23)13(2)3/h7-11,13H,6,12,19H2,1-5H3. The molecule has 2 N–H and O–H groups in total. The van der Waals surface area contributed by atoms with Gasteiger partial charge in [0.1, 0.15) is 0 Å². The lowest BCUT2D eigenvalue weighted by molar-refractivity contribution is 0.236. The van der Waals surface area contributed by atoms with Gasteiger partial charge in [0.15, 0.2) is 5.82 Å². The molecule has 0 saturated carbocycles. The lowest BCUT2D eigenvalue weighted by Crippen LogP contribution is -2.52. The summed E-state index contributed by atoms with van der Waals surface area (Å²) < 4.78 is 1.80. The molecule has 1 amide bonds. The normalized spacial score (nSPS) is 11.8. The van der Waals surface area contributed by atoms with E-state index in [1.54, 1.807) is 4.90 Å². The van der Waals surface area contributed by atoms with Crippen molar-refractivity contribution in [2.45, 2.75) is 58.9 Å². The molecule has 7 heteroatoms. The van der Waals surface area contributed by atoms with Gasteiger partial charge in [0.2, 0.25) is 0 Å². The van der Waals surface area contributed by atoms with Crippen LogP contribution in [0.15, 0.2) is 35.1 Å². The Balaban J connectivity index is 2.58. The fourth-order valence-electron chi connectivity index (χ4n) is 3.03. The molecule has 0 radical (unpaired) electrons. The zero-order chi connectivity index (χ0) is 18.8. The molecule has 0 aliphatic carbocycles. The number of para-hydroxylation sites is 1. The van der Waals surface area contributed by atoms with Gasteiger partial charge in [0, 0.05) is 17.1 Å². The molecule has 2 rings (SSSR count). The second kappa shape index (κ2) is 7.13. The van der Waals surface area contributed by atoms with Crippen LogP contribution in [0.2, 0.25) is 0 Å². The minimum Gasteiger partial charge on any atom is -0.333 e. The largest absolute Gasteiger partial charge is 0.373 e. The smallest absolute Gasteiger partial charge is 0.333 e. The van der Waals surface area contributed by atoms with Gasteiger partial charge in [-0.05, 0) is 32.4 Å². The Morgan fingerprint density at radius 1 is 1.28 bits per heavy atom. The van der Waals surface area contributed by atoms with Gasteiger partial charge in [-0.3, -0.25) is 4.90 Å². The first-order valence-corrected chi connectivity index (χ1v) is 8.57. The summed E-state index contributed by atoms with van der Waals surface area (Å²) in [4.78, 5) is 27.3. The van der Waals surface area contributed by atoms with Crippen LogP contribution in [0, 0.1) is 0 Å². The van der Waals surface area contributed by atoms with Crippen LogP contribution in [0.4, 0.5) is 10.5 Å². The average molecular weight is 345 g/mol. The first-order valence-electron chi connectivity index (χ1n) is 8.57. The predicted molar refractivity (Wildman–Crippen MR) is 99.4 cm³/mol. The highest BCUT2D eigenvalue weighted by Gasteiger charge is 2.34. The number of nitrogens with zero attached hydrogens (tertiary/aromatic N) is 4. The minimum atomic E-state index is -0.637. The third kappa shape index (κ3) is 3.60. The summed E-state index contributed by atoms with van der Waals surface area (Å²) in [7, 11) is 0. The molecule has 136 valence electrons. The topological polar surface area (TPSA) is 86.2 Å². The van der Waals surface area contributed by atoms with Crippen LogP contribution in [0.5, 0.6) is 0 Å². The Kier molecular flexibility index (Phi) is 5.35. The van der Waals surface area contributed by atoms with Crippen molar-refractivity contribution in [1.29, 1.82) is 0 Å². The van der Waals surface area contributed by atoms with Crippen molar-refractivity contribution in [3.05, 3.63) is 46.6 Å². The van der Waals surface area contributed by atoms with E-state index in [-0.39, 0.29) is 5.92 Å². The SMILES string of the molecule is CCCC(C)(C)N(C(=O)n1nc(C(C)C)n(N)c1=O)c1ccccc1. The van der Waals surface area contributed by atoms with Crippen LogP contribution in [0.3, 0.4) is 0 Å². The molecule has 1 aromatic heterocycles. The number of hydrogen-bond donors (Lipinski definition) is 1. The first kappa shape index (κ1) is 18.8. The van der Waals surface area contributed by atoms with E-state index in [1.807, 2.05) is 58.0 Å². The molecule has 1 aromatic carbocycles. The van der Waals surface area contributed by atoms with Gasteiger partial charge in [-0.25, -0.2) is 9.59 Å². The summed E-state index contributed by atoms with van der Waals surface area (Å²) in [5, 5.41) is 4.18. The predicted octanol–water partition coefficient (Wildman–Crippen LogP) is 2.94. The van der Waals surface area contributed by atoms with Gasteiger partial charge >= 0.3 is 11.7 Å². The van der Waals surface area contributed by atoms with Crippen LogP contribution in [0.25, 0.3) is 0 Å². The van der Waals surface area contributed by atoms with E-state index < -0.39 is 17.3 Å². The van der Waals surface area contributed by atoms with Crippen molar-refractivity contribution >= 4 is 11.7 Å². The number of nitrogen functional groups attached to an aromatic ring is 1. The quantitative estimate of drug-likeness (QED) is 0.844. The second-order valence-electron chi connectivity index (χ2n) is 7.09. The lowest BCUT2D eigenvalue weighted by Gasteiger charge is -2.38. The summed E-state index contributed by atoms with van der Waals surface area (Å²) in [6, 6.07) is 8.81. The van der Waals surface area contributed by atoms with Crippen molar-refractivity contribution in [2.75, 3.05) is 10.7 Å². The third-order valence-corrected chi connectivity index (χ3v) is 4.21. The number of carbonyl (C=O) groups is 1. The van der Waals surface area contributed by atoms with Crippen molar-refractivity contribution in [1.82, 2.24) is 14.5 Å². The Labute approximate surface area is 148 Å². The molecule has 0 saturated heterocycles. The number of aromatic nitrogens is 3. The molecule has 0 atom stereocenters. The highest BCUT2D eigenvalue weighted by Crippen LogP contribution is 2.28. The Hall–Kier alpha value is -2.57. The summed E-state index contributed by atoms with van der Waals surface area (Å²) in [6.45, 7) is 9.77. The maximum absolute atomic E-state index is 13.2. The lowest BCUT2D eigenvalue weighted by atomic mass is 9.96. The summed E-state index contributed by atoms with van der Waals surface area (Å²) >= 11 is 0. The Morgan fingerprint density at radius 3 is 2.36 bits per heavy atom. The molecule has 0 aliphatic heterocycles. The number of carbonyl (C=O) groups excluding carboxylic acids is 1. The van der Waals surface area contributed by atoms with E-state index in [0.717, 1.165) is 27.9 Å². The zero-order valence-electron chi connectivity index (χ0n) is 15.6. The molecule has 25 heavy (non-hydrogen) atoms.